The van der Waals surface area contributed by atoms with Crippen molar-refractivity contribution < 1.29 is 8.42 Å². The first-order valence-corrected chi connectivity index (χ1v) is 10.7. The molecule has 0 bridgehead atoms. The lowest BCUT2D eigenvalue weighted by molar-refractivity contribution is 0.164. The number of aryl methyl sites for hydroxylation is 1. The summed E-state index contributed by atoms with van der Waals surface area (Å²) in [6.45, 7) is 5.37. The molecule has 136 valence electrons. The van der Waals surface area contributed by atoms with E-state index in [1.165, 1.54) is 0 Å². The first-order valence-electron chi connectivity index (χ1n) is 8.46. The topological polar surface area (TPSA) is 60.1 Å². The molecule has 8 heteroatoms. The van der Waals surface area contributed by atoms with E-state index in [2.05, 4.69) is 17.9 Å². The molecular formula is C17H24N4O2S2. The summed E-state index contributed by atoms with van der Waals surface area (Å²) in [6.07, 6.45) is 0.682. The molecule has 1 aliphatic rings. The molecule has 1 aromatic carbocycles. The molecule has 1 fully saturated rings. The van der Waals surface area contributed by atoms with Gasteiger partial charge in [0.05, 0.1) is 18.2 Å². The monoisotopic (exact) mass is 380 g/mol. The third-order valence-corrected chi connectivity index (χ3v) is 7.11. The predicted octanol–water partition coefficient (Wildman–Crippen LogP) is 2.39. The van der Waals surface area contributed by atoms with Crippen LogP contribution in [0.5, 0.6) is 0 Å². The molecule has 6 nitrogen and oxygen atoms in total. The Morgan fingerprint density at radius 1 is 1.36 bits per heavy atom. The van der Waals surface area contributed by atoms with Crippen molar-refractivity contribution in [3.63, 3.8) is 0 Å². The molecule has 1 atom stereocenters. The van der Waals surface area contributed by atoms with Crippen molar-refractivity contribution in [2.24, 2.45) is 7.05 Å². The Morgan fingerprint density at radius 2 is 2.08 bits per heavy atom. The maximum Gasteiger partial charge on any atom is 0.199 e. The van der Waals surface area contributed by atoms with Crippen molar-refractivity contribution in [2.75, 3.05) is 18.1 Å². The molecular weight excluding hydrogens is 356 g/mol. The van der Waals surface area contributed by atoms with Crippen LogP contribution in [-0.2, 0) is 23.6 Å². The van der Waals surface area contributed by atoms with Gasteiger partial charge in [-0.1, -0.05) is 31.2 Å². The molecule has 1 aromatic heterocycles. The quantitative estimate of drug-likeness (QED) is 0.746. The van der Waals surface area contributed by atoms with Crippen LogP contribution in [0.15, 0.2) is 24.3 Å². The lowest BCUT2D eigenvalue weighted by Crippen LogP contribution is -2.37. The number of hydrogen-bond donors (Lipinski definition) is 0. The van der Waals surface area contributed by atoms with E-state index in [1.807, 2.05) is 36.7 Å². The average Bonchev–Trinajstić information content (AvgIpc) is 3.07. The number of rotatable bonds is 5. The van der Waals surface area contributed by atoms with Gasteiger partial charge in [-0.2, -0.15) is 5.10 Å². The van der Waals surface area contributed by atoms with Gasteiger partial charge >= 0.3 is 0 Å². The van der Waals surface area contributed by atoms with Gasteiger partial charge in [0.2, 0.25) is 0 Å². The summed E-state index contributed by atoms with van der Waals surface area (Å²) < 4.78 is 27.9. The van der Waals surface area contributed by atoms with E-state index in [0.29, 0.717) is 17.9 Å². The summed E-state index contributed by atoms with van der Waals surface area (Å²) >= 11 is 5.56. The van der Waals surface area contributed by atoms with Crippen molar-refractivity contribution in [2.45, 2.75) is 33.0 Å². The van der Waals surface area contributed by atoms with E-state index in [0.717, 1.165) is 23.5 Å². The number of benzene rings is 1. The van der Waals surface area contributed by atoms with Gasteiger partial charge in [0, 0.05) is 18.7 Å². The molecule has 3 rings (SSSR count). The van der Waals surface area contributed by atoms with Crippen LogP contribution in [0.2, 0.25) is 0 Å². The second kappa shape index (κ2) is 7.01. The van der Waals surface area contributed by atoms with E-state index < -0.39 is 9.84 Å². The second-order valence-electron chi connectivity index (χ2n) is 6.58. The normalized spacial score (nSPS) is 19.6. The molecule has 0 N–H and O–H groups in total. The molecule has 25 heavy (non-hydrogen) atoms. The van der Waals surface area contributed by atoms with E-state index in [9.17, 15) is 8.42 Å². The summed E-state index contributed by atoms with van der Waals surface area (Å²) in [5.74, 6) is 1.33. The van der Waals surface area contributed by atoms with Crippen LogP contribution in [0.4, 0.5) is 0 Å². The average molecular weight is 381 g/mol. The lowest BCUT2D eigenvalue weighted by Gasteiger charge is -2.25. The number of nitrogens with zero attached hydrogens (tertiary/aromatic N) is 4. The minimum absolute atomic E-state index is 0.0424. The fourth-order valence-corrected chi connectivity index (χ4v) is 5.29. The largest absolute Gasteiger partial charge is 0.303 e. The third kappa shape index (κ3) is 3.70. The van der Waals surface area contributed by atoms with E-state index >= 15 is 0 Å². The van der Waals surface area contributed by atoms with Crippen molar-refractivity contribution in [3.8, 4) is 11.4 Å². The summed E-state index contributed by atoms with van der Waals surface area (Å²) in [6, 6.07) is 8.13. The van der Waals surface area contributed by atoms with Gasteiger partial charge < -0.3 is 4.57 Å². The van der Waals surface area contributed by atoms with Gasteiger partial charge in [0.25, 0.3) is 0 Å². The van der Waals surface area contributed by atoms with Crippen molar-refractivity contribution in [3.05, 3.63) is 34.6 Å². The summed E-state index contributed by atoms with van der Waals surface area (Å²) in [5.41, 5.74) is 2.20. The van der Waals surface area contributed by atoms with Gasteiger partial charge in [0.15, 0.2) is 20.4 Å². The van der Waals surface area contributed by atoms with Crippen molar-refractivity contribution in [1.29, 1.82) is 0 Å². The first kappa shape index (κ1) is 18.3. The molecule has 0 saturated carbocycles. The number of sulfone groups is 1. The van der Waals surface area contributed by atoms with Gasteiger partial charge in [-0.25, -0.2) is 13.1 Å². The lowest BCUT2D eigenvalue weighted by atomic mass is 10.1. The maximum absolute atomic E-state index is 11.8. The maximum atomic E-state index is 11.8. The fourth-order valence-electron chi connectivity index (χ4n) is 3.35. The minimum atomic E-state index is -2.91. The molecule has 0 amide bonds. The zero-order valence-corrected chi connectivity index (χ0v) is 16.5. The van der Waals surface area contributed by atoms with Gasteiger partial charge in [0.1, 0.15) is 0 Å². The highest BCUT2D eigenvalue weighted by atomic mass is 32.2. The minimum Gasteiger partial charge on any atom is -0.303 e. The highest BCUT2D eigenvalue weighted by molar-refractivity contribution is 7.91. The summed E-state index contributed by atoms with van der Waals surface area (Å²) in [7, 11) is -0.987. The van der Waals surface area contributed by atoms with Crippen LogP contribution in [0.25, 0.3) is 11.4 Å². The van der Waals surface area contributed by atoms with Gasteiger partial charge in [-0.15, -0.1) is 0 Å². The van der Waals surface area contributed by atoms with Gasteiger partial charge in [-0.05, 0) is 37.7 Å². The third-order valence-electron chi connectivity index (χ3n) is 4.87. The first-order chi connectivity index (χ1) is 11.8. The molecule has 0 unspecified atom stereocenters. The number of aromatic nitrogens is 3. The Morgan fingerprint density at radius 3 is 2.68 bits per heavy atom. The van der Waals surface area contributed by atoms with Crippen LogP contribution in [0, 0.1) is 11.7 Å². The molecule has 1 aliphatic heterocycles. The van der Waals surface area contributed by atoms with E-state index in [-0.39, 0.29) is 17.5 Å². The molecule has 0 radical (unpaired) electrons. The van der Waals surface area contributed by atoms with Crippen LogP contribution in [0.1, 0.15) is 18.9 Å². The molecule has 1 saturated heterocycles. The summed E-state index contributed by atoms with van der Waals surface area (Å²) in [4.78, 5) is 2.15. The summed E-state index contributed by atoms with van der Waals surface area (Å²) in [5, 5.41) is 4.72. The Labute approximate surface area is 154 Å². The standard InChI is InChI=1S/C17H24N4O2S2/c1-4-20(14-9-10-25(22,23)11-14)12-21-17(24)19(3)16(18-21)15-8-6-5-7-13(15)2/h5-8,14H,4,9-12H2,1-3H3/t14-/m0/s1. The van der Waals surface area contributed by atoms with Crippen molar-refractivity contribution in [1.82, 2.24) is 19.2 Å². The predicted molar refractivity (Wildman–Crippen MR) is 102 cm³/mol. The van der Waals surface area contributed by atoms with Gasteiger partial charge in [-0.3, -0.25) is 4.90 Å². The highest BCUT2D eigenvalue weighted by Crippen LogP contribution is 2.22. The molecule has 2 aromatic rings. The molecule has 2 heterocycles. The Balaban J connectivity index is 1.90. The SMILES string of the molecule is CCN(Cn1nc(-c2ccccc2C)n(C)c1=S)[C@H]1CCS(=O)(=O)C1. The zero-order chi connectivity index (χ0) is 18.2. The number of hydrogen-bond acceptors (Lipinski definition) is 5. The van der Waals surface area contributed by atoms with Crippen molar-refractivity contribution >= 4 is 22.1 Å². The fraction of sp³-hybridized carbons (Fsp3) is 0.529. The Kier molecular flexibility index (Phi) is 5.13. The van der Waals surface area contributed by atoms with Crippen LogP contribution in [-0.4, -0.2) is 51.8 Å². The zero-order valence-electron chi connectivity index (χ0n) is 14.8. The second-order valence-corrected chi connectivity index (χ2v) is 9.18. The van der Waals surface area contributed by atoms with Crippen LogP contribution in [0.3, 0.4) is 0 Å². The Bertz CT molecular complexity index is 930. The van der Waals surface area contributed by atoms with Crippen LogP contribution >= 0.6 is 12.2 Å². The highest BCUT2D eigenvalue weighted by Gasteiger charge is 2.32. The van der Waals surface area contributed by atoms with Crippen LogP contribution < -0.4 is 0 Å². The van der Waals surface area contributed by atoms with E-state index in [4.69, 9.17) is 17.3 Å². The Hall–Kier alpha value is -1.51. The van der Waals surface area contributed by atoms with E-state index in [1.54, 1.807) is 4.68 Å². The smallest absolute Gasteiger partial charge is 0.199 e. The molecule has 0 aliphatic carbocycles. The molecule has 0 spiro atoms.